The Morgan fingerprint density at radius 1 is 1.12 bits per heavy atom. The lowest BCUT2D eigenvalue weighted by molar-refractivity contribution is 0.102. The molecule has 2 N–H and O–H groups in total. The average molecular weight is 357 g/mol. The summed E-state index contributed by atoms with van der Waals surface area (Å²) in [5.41, 5.74) is 3.05. The predicted octanol–water partition coefficient (Wildman–Crippen LogP) is 4.06. The van der Waals surface area contributed by atoms with Crippen LogP contribution >= 0.6 is 11.6 Å². The van der Waals surface area contributed by atoms with Crippen LogP contribution in [0.25, 0.3) is 10.9 Å². The van der Waals surface area contributed by atoms with Gasteiger partial charge in [-0.2, -0.15) is 0 Å². The highest BCUT2D eigenvalue weighted by atomic mass is 35.5. The van der Waals surface area contributed by atoms with Crippen molar-refractivity contribution >= 4 is 34.1 Å². The van der Waals surface area contributed by atoms with E-state index in [0.29, 0.717) is 33.1 Å². The van der Waals surface area contributed by atoms with E-state index in [9.17, 15) is 9.59 Å². The van der Waals surface area contributed by atoms with Crippen LogP contribution in [0.2, 0.25) is 5.02 Å². The van der Waals surface area contributed by atoms with Crippen molar-refractivity contribution in [3.05, 3.63) is 68.5 Å². The zero-order valence-corrected chi connectivity index (χ0v) is 14.8. The number of halogens is 1. The molecule has 0 unspecified atom stereocenters. The first-order valence-corrected chi connectivity index (χ1v) is 8.06. The monoisotopic (exact) mass is 356 g/mol. The lowest BCUT2D eigenvalue weighted by atomic mass is 10.1. The largest absolute Gasteiger partial charge is 0.496 e. The Hall–Kier alpha value is -2.79. The molecule has 3 rings (SSSR count). The molecule has 3 aromatic rings. The molecule has 0 saturated heterocycles. The molecule has 0 bridgehead atoms. The van der Waals surface area contributed by atoms with Crippen LogP contribution in [0.4, 0.5) is 5.69 Å². The number of pyridine rings is 1. The molecule has 0 atom stereocenters. The van der Waals surface area contributed by atoms with Gasteiger partial charge in [-0.1, -0.05) is 17.7 Å². The topological polar surface area (TPSA) is 71.2 Å². The van der Waals surface area contributed by atoms with Gasteiger partial charge in [-0.05, 0) is 49.7 Å². The summed E-state index contributed by atoms with van der Waals surface area (Å²) in [5.74, 6) is 0.0902. The fourth-order valence-electron chi connectivity index (χ4n) is 2.70. The van der Waals surface area contributed by atoms with Gasteiger partial charge in [0.25, 0.3) is 11.5 Å². The second kappa shape index (κ2) is 6.61. The molecule has 0 radical (unpaired) electrons. The standard InChI is InChI=1S/C19H17ClN2O3/c1-10-11(2)18(23)22-16-9-13(5-6-14(10)16)21-19(24)15-8-12(20)4-7-17(15)25-3/h4-9H,1-3H3,(H,21,24)(H,22,23). The lowest BCUT2D eigenvalue weighted by Gasteiger charge is -2.11. The third kappa shape index (κ3) is 3.23. The number of aryl methyl sites for hydroxylation is 1. The number of hydrogen-bond acceptors (Lipinski definition) is 3. The minimum absolute atomic E-state index is 0.134. The van der Waals surface area contributed by atoms with E-state index in [-0.39, 0.29) is 11.5 Å². The summed E-state index contributed by atoms with van der Waals surface area (Å²) < 4.78 is 5.21. The van der Waals surface area contributed by atoms with Crippen molar-refractivity contribution in [1.82, 2.24) is 4.98 Å². The highest BCUT2D eigenvalue weighted by Crippen LogP contribution is 2.25. The molecule has 0 aliphatic rings. The number of benzene rings is 2. The molecule has 0 aliphatic heterocycles. The van der Waals surface area contributed by atoms with E-state index in [1.165, 1.54) is 7.11 Å². The smallest absolute Gasteiger partial charge is 0.259 e. The SMILES string of the molecule is COc1ccc(Cl)cc1C(=O)Nc1ccc2c(C)c(C)c(=O)[nH]c2c1. The molecule has 1 heterocycles. The maximum Gasteiger partial charge on any atom is 0.259 e. The highest BCUT2D eigenvalue weighted by Gasteiger charge is 2.14. The molecular weight excluding hydrogens is 340 g/mol. The average Bonchev–Trinajstić information content (AvgIpc) is 2.59. The number of carbonyl (C=O) groups is 1. The van der Waals surface area contributed by atoms with E-state index in [1.54, 1.807) is 37.3 Å². The van der Waals surface area contributed by atoms with Gasteiger partial charge in [0, 0.05) is 21.7 Å². The minimum atomic E-state index is -0.343. The Bertz CT molecular complexity index is 1040. The van der Waals surface area contributed by atoms with Crippen LogP contribution in [-0.2, 0) is 0 Å². The Balaban J connectivity index is 1.98. The molecule has 25 heavy (non-hydrogen) atoms. The van der Waals surface area contributed by atoms with E-state index in [2.05, 4.69) is 10.3 Å². The Kier molecular flexibility index (Phi) is 4.51. The number of aromatic amines is 1. The van der Waals surface area contributed by atoms with E-state index < -0.39 is 0 Å². The molecule has 1 amide bonds. The molecule has 0 aliphatic carbocycles. The van der Waals surface area contributed by atoms with Crippen LogP contribution in [0.1, 0.15) is 21.5 Å². The summed E-state index contributed by atoms with van der Waals surface area (Å²) in [6.45, 7) is 3.69. The minimum Gasteiger partial charge on any atom is -0.496 e. The van der Waals surface area contributed by atoms with Gasteiger partial charge >= 0.3 is 0 Å². The van der Waals surface area contributed by atoms with Crippen molar-refractivity contribution in [2.24, 2.45) is 0 Å². The number of hydrogen-bond donors (Lipinski definition) is 2. The maximum absolute atomic E-state index is 12.5. The van der Waals surface area contributed by atoms with Crippen molar-refractivity contribution in [2.75, 3.05) is 12.4 Å². The number of rotatable bonds is 3. The quantitative estimate of drug-likeness (QED) is 0.743. The first-order chi connectivity index (χ1) is 11.9. The fourth-order valence-corrected chi connectivity index (χ4v) is 2.87. The Morgan fingerprint density at radius 3 is 2.60 bits per heavy atom. The van der Waals surface area contributed by atoms with Gasteiger partial charge in [0.1, 0.15) is 5.75 Å². The fraction of sp³-hybridized carbons (Fsp3) is 0.158. The number of fused-ring (bicyclic) bond motifs is 1. The summed E-state index contributed by atoms with van der Waals surface area (Å²) in [4.78, 5) is 27.3. The van der Waals surface area contributed by atoms with Crippen molar-refractivity contribution in [2.45, 2.75) is 13.8 Å². The van der Waals surface area contributed by atoms with E-state index >= 15 is 0 Å². The Morgan fingerprint density at radius 2 is 1.88 bits per heavy atom. The van der Waals surface area contributed by atoms with Crippen molar-refractivity contribution in [3.8, 4) is 5.75 Å². The molecule has 0 spiro atoms. The van der Waals surface area contributed by atoms with Crippen molar-refractivity contribution in [1.29, 1.82) is 0 Å². The summed E-state index contributed by atoms with van der Waals surface area (Å²) in [7, 11) is 1.49. The molecule has 2 aromatic carbocycles. The second-order valence-electron chi connectivity index (χ2n) is 5.76. The third-order valence-corrected chi connectivity index (χ3v) is 4.47. The van der Waals surface area contributed by atoms with Crippen LogP contribution in [0.3, 0.4) is 0 Å². The number of ether oxygens (including phenoxy) is 1. The van der Waals surface area contributed by atoms with E-state index in [0.717, 1.165) is 10.9 Å². The van der Waals surface area contributed by atoms with Gasteiger partial charge in [-0.15, -0.1) is 0 Å². The van der Waals surface area contributed by atoms with Gasteiger partial charge in [0.15, 0.2) is 0 Å². The van der Waals surface area contributed by atoms with Crippen molar-refractivity contribution < 1.29 is 9.53 Å². The molecule has 0 saturated carbocycles. The summed E-state index contributed by atoms with van der Waals surface area (Å²) >= 11 is 5.97. The van der Waals surface area contributed by atoms with Crippen LogP contribution in [-0.4, -0.2) is 18.0 Å². The molecule has 6 heteroatoms. The number of carbonyl (C=O) groups excluding carboxylic acids is 1. The summed E-state index contributed by atoms with van der Waals surface area (Å²) in [6.07, 6.45) is 0. The third-order valence-electron chi connectivity index (χ3n) is 4.24. The molecular formula is C19H17ClN2O3. The molecule has 0 fully saturated rings. The maximum atomic E-state index is 12.5. The lowest BCUT2D eigenvalue weighted by Crippen LogP contribution is -2.14. The van der Waals surface area contributed by atoms with E-state index in [1.807, 2.05) is 13.0 Å². The number of amides is 1. The molecule has 128 valence electrons. The zero-order valence-electron chi connectivity index (χ0n) is 14.1. The van der Waals surface area contributed by atoms with Crippen LogP contribution in [0, 0.1) is 13.8 Å². The molecule has 1 aromatic heterocycles. The predicted molar refractivity (Wildman–Crippen MR) is 100.0 cm³/mol. The van der Waals surface area contributed by atoms with Gasteiger partial charge in [-0.3, -0.25) is 9.59 Å². The van der Waals surface area contributed by atoms with Crippen LogP contribution < -0.4 is 15.6 Å². The molecule has 5 nitrogen and oxygen atoms in total. The second-order valence-corrected chi connectivity index (χ2v) is 6.20. The Labute approximate surface area is 149 Å². The highest BCUT2D eigenvalue weighted by molar-refractivity contribution is 6.31. The normalized spacial score (nSPS) is 10.7. The van der Waals surface area contributed by atoms with Crippen LogP contribution in [0.5, 0.6) is 5.75 Å². The number of nitrogens with one attached hydrogen (secondary N) is 2. The number of H-pyrrole nitrogens is 1. The summed E-state index contributed by atoms with van der Waals surface area (Å²) in [6, 6.07) is 10.2. The summed E-state index contributed by atoms with van der Waals surface area (Å²) in [5, 5.41) is 4.19. The van der Waals surface area contributed by atoms with Crippen molar-refractivity contribution in [3.63, 3.8) is 0 Å². The number of anilines is 1. The number of aromatic nitrogens is 1. The van der Waals surface area contributed by atoms with E-state index in [4.69, 9.17) is 16.3 Å². The number of methoxy groups -OCH3 is 1. The van der Waals surface area contributed by atoms with Gasteiger partial charge in [-0.25, -0.2) is 0 Å². The zero-order chi connectivity index (χ0) is 18.1. The first-order valence-electron chi connectivity index (χ1n) is 7.69. The first kappa shape index (κ1) is 17.0. The van der Waals surface area contributed by atoms with Gasteiger partial charge in [0.05, 0.1) is 18.2 Å². The van der Waals surface area contributed by atoms with Gasteiger partial charge in [0.2, 0.25) is 0 Å². The van der Waals surface area contributed by atoms with Gasteiger partial charge < -0.3 is 15.0 Å². The van der Waals surface area contributed by atoms with Crippen LogP contribution in [0.15, 0.2) is 41.2 Å².